The fourth-order valence-corrected chi connectivity index (χ4v) is 6.00. The van der Waals surface area contributed by atoms with Crippen LogP contribution >= 0.6 is 0 Å². The van der Waals surface area contributed by atoms with Crippen LogP contribution in [-0.2, 0) is 14.8 Å². The second-order valence-electron chi connectivity index (χ2n) is 8.45. The zero-order chi connectivity index (χ0) is 21.8. The number of carbonyl (C=O) groups excluding carboxylic acids is 1. The first-order valence-corrected chi connectivity index (χ1v) is 12.6. The first kappa shape index (κ1) is 22.0. The van der Waals surface area contributed by atoms with Crippen LogP contribution in [-0.4, -0.2) is 67.7 Å². The van der Waals surface area contributed by atoms with Crippen molar-refractivity contribution < 1.29 is 13.2 Å². The number of carbonyl (C=O) groups is 1. The number of sulfonamides is 1. The minimum absolute atomic E-state index is 0.138. The normalized spacial score (nSPS) is 19.8. The van der Waals surface area contributed by atoms with E-state index in [-0.39, 0.29) is 11.9 Å². The molecule has 2 aliphatic rings. The summed E-state index contributed by atoms with van der Waals surface area (Å²) in [6, 6.07) is 16.6. The Balaban J connectivity index is 1.55. The fourth-order valence-electron chi connectivity index (χ4n) is 4.53. The van der Waals surface area contributed by atoms with E-state index < -0.39 is 10.0 Å². The van der Waals surface area contributed by atoms with E-state index >= 15 is 0 Å². The first-order valence-electron chi connectivity index (χ1n) is 11.1. The molecule has 166 valence electrons. The molecule has 2 saturated heterocycles. The third kappa shape index (κ3) is 4.84. The van der Waals surface area contributed by atoms with Gasteiger partial charge in [-0.25, -0.2) is 8.42 Å². The number of hydrogen-bond acceptors (Lipinski definition) is 4. The van der Waals surface area contributed by atoms with Gasteiger partial charge in [-0.1, -0.05) is 48.0 Å². The second kappa shape index (κ2) is 9.51. The Morgan fingerprint density at radius 2 is 1.48 bits per heavy atom. The van der Waals surface area contributed by atoms with Crippen molar-refractivity contribution >= 4 is 15.9 Å². The molecule has 2 heterocycles. The Kier molecular flexibility index (Phi) is 6.74. The molecule has 7 heteroatoms. The van der Waals surface area contributed by atoms with Crippen molar-refractivity contribution in [1.29, 1.82) is 0 Å². The summed E-state index contributed by atoms with van der Waals surface area (Å²) in [6.07, 6.45) is 2.80. The molecule has 0 saturated carbocycles. The minimum atomic E-state index is -3.54. The van der Waals surface area contributed by atoms with E-state index in [1.165, 1.54) is 0 Å². The van der Waals surface area contributed by atoms with Gasteiger partial charge < -0.3 is 4.90 Å². The zero-order valence-corrected chi connectivity index (χ0v) is 18.9. The minimum Gasteiger partial charge on any atom is -0.341 e. The zero-order valence-electron chi connectivity index (χ0n) is 18.1. The quantitative estimate of drug-likeness (QED) is 0.716. The Hall–Kier alpha value is -2.22. The third-order valence-corrected chi connectivity index (χ3v) is 8.19. The lowest BCUT2D eigenvalue weighted by molar-refractivity contribution is -0.136. The molecule has 1 atom stereocenters. The summed E-state index contributed by atoms with van der Waals surface area (Å²) < 4.78 is 27.9. The van der Waals surface area contributed by atoms with E-state index in [9.17, 15) is 13.2 Å². The van der Waals surface area contributed by atoms with Gasteiger partial charge in [-0.3, -0.25) is 9.69 Å². The smallest absolute Gasteiger partial charge is 0.244 e. The molecule has 2 fully saturated rings. The van der Waals surface area contributed by atoms with Crippen LogP contribution in [0.5, 0.6) is 0 Å². The number of hydrogen-bond donors (Lipinski definition) is 0. The van der Waals surface area contributed by atoms with E-state index in [1.807, 2.05) is 54.3 Å². The van der Waals surface area contributed by atoms with Gasteiger partial charge in [0.25, 0.3) is 0 Å². The van der Waals surface area contributed by atoms with Crippen LogP contribution in [0, 0.1) is 6.92 Å². The molecule has 0 spiro atoms. The number of aryl methyl sites for hydroxylation is 1. The molecule has 6 nitrogen and oxygen atoms in total. The number of nitrogens with zero attached hydrogens (tertiary/aromatic N) is 3. The summed E-state index contributed by atoms with van der Waals surface area (Å²) in [5.41, 5.74) is 2.02. The number of likely N-dealkylation sites (tertiary alicyclic amines) is 1. The molecule has 4 rings (SSSR count). The highest BCUT2D eigenvalue weighted by Gasteiger charge is 2.35. The molecule has 2 aliphatic heterocycles. The van der Waals surface area contributed by atoms with Gasteiger partial charge in [0.15, 0.2) is 0 Å². The standard InChI is InChI=1S/C24H31N3O3S/c1-20-10-12-22(13-11-20)31(29,30)27-17-7-16-25(18-19-27)23(21-8-3-2-4-9-21)24(28)26-14-5-6-15-26/h2-4,8-13,23H,5-7,14-19H2,1H3. The van der Waals surface area contributed by atoms with Crippen molar-refractivity contribution in [1.82, 2.24) is 14.1 Å². The second-order valence-corrected chi connectivity index (χ2v) is 10.4. The highest BCUT2D eigenvalue weighted by atomic mass is 32.2. The van der Waals surface area contributed by atoms with Crippen molar-refractivity contribution in [2.45, 2.75) is 37.1 Å². The Labute approximate surface area is 185 Å². The monoisotopic (exact) mass is 441 g/mol. The predicted octanol–water partition coefficient (Wildman–Crippen LogP) is 3.06. The number of benzene rings is 2. The van der Waals surface area contributed by atoms with Gasteiger partial charge >= 0.3 is 0 Å². The van der Waals surface area contributed by atoms with Crippen molar-refractivity contribution in [2.24, 2.45) is 0 Å². The summed E-state index contributed by atoms with van der Waals surface area (Å²) in [7, 11) is -3.54. The fraction of sp³-hybridized carbons (Fsp3) is 0.458. The van der Waals surface area contributed by atoms with Crippen molar-refractivity contribution in [3.8, 4) is 0 Å². The van der Waals surface area contributed by atoms with E-state index in [1.54, 1.807) is 16.4 Å². The predicted molar refractivity (Wildman–Crippen MR) is 121 cm³/mol. The maximum absolute atomic E-state index is 13.4. The van der Waals surface area contributed by atoms with Gasteiger partial charge in [-0.15, -0.1) is 0 Å². The Morgan fingerprint density at radius 1 is 0.806 bits per heavy atom. The molecular formula is C24H31N3O3S. The van der Waals surface area contributed by atoms with Crippen LogP contribution in [0.15, 0.2) is 59.5 Å². The number of amides is 1. The summed E-state index contributed by atoms with van der Waals surface area (Å²) >= 11 is 0. The molecule has 0 radical (unpaired) electrons. The Bertz CT molecular complexity index is 986. The van der Waals surface area contributed by atoms with Crippen LogP contribution in [0.1, 0.15) is 36.4 Å². The average Bonchev–Trinajstić information content (AvgIpc) is 3.21. The molecule has 2 aromatic carbocycles. The average molecular weight is 442 g/mol. The molecule has 1 amide bonds. The van der Waals surface area contributed by atoms with E-state index in [0.717, 1.165) is 37.1 Å². The van der Waals surface area contributed by atoms with Gasteiger partial charge in [0.2, 0.25) is 15.9 Å². The lowest BCUT2D eigenvalue weighted by Gasteiger charge is -2.33. The summed E-state index contributed by atoms with van der Waals surface area (Å²) in [6.45, 7) is 5.64. The molecule has 31 heavy (non-hydrogen) atoms. The molecular weight excluding hydrogens is 410 g/mol. The van der Waals surface area contributed by atoms with Crippen LogP contribution < -0.4 is 0 Å². The van der Waals surface area contributed by atoms with Crippen molar-refractivity contribution in [3.05, 3.63) is 65.7 Å². The molecule has 0 bridgehead atoms. The van der Waals surface area contributed by atoms with Gasteiger partial charge in [0.05, 0.1) is 4.90 Å². The first-order chi connectivity index (χ1) is 15.0. The van der Waals surface area contributed by atoms with Gasteiger partial charge in [0.1, 0.15) is 6.04 Å². The molecule has 1 unspecified atom stereocenters. The maximum Gasteiger partial charge on any atom is 0.244 e. The highest BCUT2D eigenvalue weighted by Crippen LogP contribution is 2.27. The van der Waals surface area contributed by atoms with E-state index in [0.29, 0.717) is 37.5 Å². The van der Waals surface area contributed by atoms with Gasteiger partial charge in [-0.2, -0.15) is 4.31 Å². The topological polar surface area (TPSA) is 60.9 Å². The van der Waals surface area contributed by atoms with E-state index in [4.69, 9.17) is 0 Å². The number of rotatable bonds is 5. The lowest BCUT2D eigenvalue weighted by Crippen LogP contribution is -2.43. The lowest BCUT2D eigenvalue weighted by atomic mass is 10.0. The van der Waals surface area contributed by atoms with Crippen LogP contribution in [0.3, 0.4) is 0 Å². The van der Waals surface area contributed by atoms with Crippen molar-refractivity contribution in [3.63, 3.8) is 0 Å². The summed E-state index contributed by atoms with van der Waals surface area (Å²) in [4.78, 5) is 17.9. The molecule has 0 N–H and O–H groups in total. The van der Waals surface area contributed by atoms with Crippen LogP contribution in [0.25, 0.3) is 0 Å². The molecule has 0 aromatic heterocycles. The van der Waals surface area contributed by atoms with Crippen LogP contribution in [0.2, 0.25) is 0 Å². The molecule has 2 aromatic rings. The van der Waals surface area contributed by atoms with Gasteiger partial charge in [0, 0.05) is 39.3 Å². The Morgan fingerprint density at radius 3 is 2.16 bits per heavy atom. The maximum atomic E-state index is 13.4. The van der Waals surface area contributed by atoms with E-state index in [2.05, 4.69) is 4.90 Å². The SMILES string of the molecule is Cc1ccc(S(=O)(=O)N2CCCN(C(C(=O)N3CCCC3)c3ccccc3)CC2)cc1. The van der Waals surface area contributed by atoms with Crippen LogP contribution in [0.4, 0.5) is 0 Å². The van der Waals surface area contributed by atoms with Gasteiger partial charge in [-0.05, 0) is 43.9 Å². The highest BCUT2D eigenvalue weighted by molar-refractivity contribution is 7.89. The van der Waals surface area contributed by atoms with Crippen molar-refractivity contribution in [2.75, 3.05) is 39.3 Å². The summed E-state index contributed by atoms with van der Waals surface area (Å²) in [5, 5.41) is 0. The largest absolute Gasteiger partial charge is 0.341 e. The third-order valence-electron chi connectivity index (χ3n) is 6.28. The molecule has 0 aliphatic carbocycles. The summed E-state index contributed by atoms with van der Waals surface area (Å²) in [5.74, 6) is 0.138.